The van der Waals surface area contributed by atoms with Crippen LogP contribution in [0.25, 0.3) is 0 Å². The average molecular weight is 232 g/mol. The lowest BCUT2D eigenvalue weighted by atomic mass is 10.1. The molecule has 2 N–H and O–H groups in total. The van der Waals surface area contributed by atoms with Crippen LogP contribution in [-0.2, 0) is 4.79 Å². The zero-order valence-corrected chi connectivity index (χ0v) is 9.27. The Hall–Kier alpha value is -0.710. The van der Waals surface area contributed by atoms with Crippen molar-refractivity contribution in [1.29, 1.82) is 0 Å². The van der Waals surface area contributed by atoms with Gasteiger partial charge in [-0.25, -0.2) is 8.78 Å². The minimum Gasteiger partial charge on any atom is -0.354 e. The molecule has 1 aliphatic heterocycles. The van der Waals surface area contributed by atoms with E-state index in [-0.39, 0.29) is 18.9 Å². The highest BCUT2D eigenvalue weighted by molar-refractivity contribution is 5.82. The summed E-state index contributed by atoms with van der Waals surface area (Å²) in [5.41, 5.74) is 0. The molecule has 2 aliphatic rings. The van der Waals surface area contributed by atoms with Crippen molar-refractivity contribution >= 4 is 5.91 Å². The van der Waals surface area contributed by atoms with Gasteiger partial charge in [-0.05, 0) is 18.8 Å². The summed E-state index contributed by atoms with van der Waals surface area (Å²) in [5, 5.41) is 5.33. The maximum absolute atomic E-state index is 12.9. The summed E-state index contributed by atoms with van der Waals surface area (Å²) in [7, 11) is 0. The fraction of sp³-hybridized carbons (Fsp3) is 0.909. The highest BCUT2D eigenvalue weighted by atomic mass is 19.3. The standard InChI is InChI=1S/C11H18F2N2O/c12-11(13)5-9(15-7-11)10(16)14-6-8-3-1-2-4-8/h8-9,15H,1-7H2,(H,14,16). The van der Waals surface area contributed by atoms with Crippen molar-refractivity contribution in [3.8, 4) is 0 Å². The second-order valence-corrected chi connectivity index (χ2v) is 4.89. The Labute approximate surface area is 94.0 Å². The van der Waals surface area contributed by atoms with E-state index in [4.69, 9.17) is 0 Å². The van der Waals surface area contributed by atoms with Gasteiger partial charge in [-0.3, -0.25) is 10.1 Å². The number of alkyl halides is 2. The molecule has 1 saturated heterocycles. The number of hydrogen-bond donors (Lipinski definition) is 2. The Morgan fingerprint density at radius 3 is 2.62 bits per heavy atom. The van der Waals surface area contributed by atoms with E-state index in [0.29, 0.717) is 12.5 Å². The van der Waals surface area contributed by atoms with Gasteiger partial charge in [-0.1, -0.05) is 12.8 Å². The van der Waals surface area contributed by atoms with Gasteiger partial charge in [-0.15, -0.1) is 0 Å². The molecule has 16 heavy (non-hydrogen) atoms. The van der Waals surface area contributed by atoms with E-state index in [1.807, 2.05) is 0 Å². The van der Waals surface area contributed by atoms with Gasteiger partial charge in [0.2, 0.25) is 5.91 Å². The van der Waals surface area contributed by atoms with E-state index < -0.39 is 12.0 Å². The first kappa shape index (κ1) is 11.8. The maximum atomic E-state index is 12.9. The zero-order chi connectivity index (χ0) is 11.6. The smallest absolute Gasteiger partial charge is 0.262 e. The largest absolute Gasteiger partial charge is 0.354 e. The minimum absolute atomic E-state index is 0.274. The maximum Gasteiger partial charge on any atom is 0.262 e. The van der Waals surface area contributed by atoms with E-state index in [1.165, 1.54) is 12.8 Å². The monoisotopic (exact) mass is 232 g/mol. The molecule has 0 spiro atoms. The van der Waals surface area contributed by atoms with Gasteiger partial charge in [0.1, 0.15) is 0 Å². The highest BCUT2D eigenvalue weighted by Crippen LogP contribution is 2.26. The zero-order valence-electron chi connectivity index (χ0n) is 9.27. The molecule has 1 amide bonds. The molecule has 1 unspecified atom stereocenters. The molecular weight excluding hydrogens is 214 g/mol. The van der Waals surface area contributed by atoms with Crippen LogP contribution in [0.4, 0.5) is 8.78 Å². The molecule has 5 heteroatoms. The fourth-order valence-corrected chi connectivity index (χ4v) is 2.48. The topological polar surface area (TPSA) is 41.1 Å². The van der Waals surface area contributed by atoms with Crippen molar-refractivity contribution in [2.75, 3.05) is 13.1 Å². The van der Waals surface area contributed by atoms with Crippen LogP contribution < -0.4 is 10.6 Å². The van der Waals surface area contributed by atoms with Gasteiger partial charge in [0, 0.05) is 13.0 Å². The SMILES string of the molecule is O=C(NCC1CCCC1)C1CC(F)(F)CN1. The number of amides is 1. The van der Waals surface area contributed by atoms with E-state index >= 15 is 0 Å². The third-order valence-electron chi connectivity index (χ3n) is 3.47. The predicted octanol–water partition coefficient (Wildman–Crippen LogP) is 1.29. The fourth-order valence-electron chi connectivity index (χ4n) is 2.48. The first-order valence-corrected chi connectivity index (χ1v) is 5.96. The second-order valence-electron chi connectivity index (χ2n) is 4.89. The normalized spacial score (nSPS) is 29.5. The molecule has 0 radical (unpaired) electrons. The Morgan fingerprint density at radius 1 is 1.38 bits per heavy atom. The van der Waals surface area contributed by atoms with Crippen molar-refractivity contribution in [3.63, 3.8) is 0 Å². The highest BCUT2D eigenvalue weighted by Gasteiger charge is 2.42. The van der Waals surface area contributed by atoms with Crippen LogP contribution in [0.3, 0.4) is 0 Å². The lowest BCUT2D eigenvalue weighted by Gasteiger charge is -2.14. The second kappa shape index (κ2) is 4.65. The van der Waals surface area contributed by atoms with Crippen LogP contribution in [0.2, 0.25) is 0 Å². The molecule has 0 aromatic rings. The molecule has 1 aliphatic carbocycles. The first-order valence-electron chi connectivity index (χ1n) is 5.96. The summed E-state index contributed by atoms with van der Waals surface area (Å²) in [6, 6.07) is -0.712. The number of nitrogens with one attached hydrogen (secondary N) is 2. The number of halogens is 2. The van der Waals surface area contributed by atoms with Crippen LogP contribution in [0.1, 0.15) is 32.1 Å². The Bertz CT molecular complexity index is 265. The predicted molar refractivity (Wildman–Crippen MR) is 56.3 cm³/mol. The van der Waals surface area contributed by atoms with Gasteiger partial charge >= 0.3 is 0 Å². The number of carbonyl (C=O) groups excluding carboxylic acids is 1. The van der Waals surface area contributed by atoms with Crippen molar-refractivity contribution in [2.24, 2.45) is 5.92 Å². The molecule has 2 fully saturated rings. The van der Waals surface area contributed by atoms with E-state index in [0.717, 1.165) is 12.8 Å². The molecule has 0 aromatic carbocycles. The van der Waals surface area contributed by atoms with Gasteiger partial charge in [0.25, 0.3) is 5.92 Å². The number of carbonyl (C=O) groups is 1. The number of hydrogen-bond acceptors (Lipinski definition) is 2. The molecule has 0 aromatic heterocycles. The molecule has 1 heterocycles. The summed E-state index contributed by atoms with van der Waals surface area (Å²) in [6.07, 6.45) is 4.37. The molecular formula is C11H18F2N2O. The molecule has 2 rings (SSSR count). The summed E-state index contributed by atoms with van der Waals surface area (Å²) in [4.78, 5) is 11.6. The molecule has 92 valence electrons. The summed E-state index contributed by atoms with van der Waals surface area (Å²) >= 11 is 0. The Morgan fingerprint density at radius 2 is 2.06 bits per heavy atom. The Kier molecular flexibility index (Phi) is 3.42. The van der Waals surface area contributed by atoms with Gasteiger partial charge in [0.15, 0.2) is 0 Å². The van der Waals surface area contributed by atoms with Gasteiger partial charge in [0.05, 0.1) is 12.6 Å². The van der Waals surface area contributed by atoms with Crippen molar-refractivity contribution in [1.82, 2.24) is 10.6 Å². The summed E-state index contributed by atoms with van der Waals surface area (Å²) in [6.45, 7) is 0.261. The minimum atomic E-state index is -2.73. The summed E-state index contributed by atoms with van der Waals surface area (Å²) < 4.78 is 25.7. The molecule has 1 saturated carbocycles. The summed E-state index contributed by atoms with van der Waals surface area (Å²) in [5.74, 6) is -2.45. The van der Waals surface area contributed by atoms with Crippen molar-refractivity contribution in [2.45, 2.75) is 44.1 Å². The van der Waals surface area contributed by atoms with Crippen molar-refractivity contribution in [3.05, 3.63) is 0 Å². The quantitative estimate of drug-likeness (QED) is 0.770. The van der Waals surface area contributed by atoms with Crippen LogP contribution in [-0.4, -0.2) is 31.0 Å². The number of rotatable bonds is 3. The van der Waals surface area contributed by atoms with E-state index in [2.05, 4.69) is 10.6 Å². The lowest BCUT2D eigenvalue weighted by Crippen LogP contribution is -2.41. The van der Waals surface area contributed by atoms with Gasteiger partial charge in [-0.2, -0.15) is 0 Å². The first-order chi connectivity index (χ1) is 7.57. The molecule has 0 bridgehead atoms. The van der Waals surface area contributed by atoms with Crippen LogP contribution in [0, 0.1) is 5.92 Å². The van der Waals surface area contributed by atoms with E-state index in [1.54, 1.807) is 0 Å². The molecule has 3 nitrogen and oxygen atoms in total. The molecule has 1 atom stereocenters. The third kappa shape index (κ3) is 2.90. The van der Waals surface area contributed by atoms with Crippen LogP contribution in [0.5, 0.6) is 0 Å². The average Bonchev–Trinajstić information content (AvgIpc) is 2.83. The Balaban J connectivity index is 1.71. The van der Waals surface area contributed by atoms with E-state index in [9.17, 15) is 13.6 Å². The van der Waals surface area contributed by atoms with Crippen LogP contribution >= 0.6 is 0 Å². The lowest BCUT2D eigenvalue weighted by molar-refractivity contribution is -0.123. The third-order valence-corrected chi connectivity index (χ3v) is 3.47. The van der Waals surface area contributed by atoms with Gasteiger partial charge < -0.3 is 5.32 Å². The van der Waals surface area contributed by atoms with Crippen molar-refractivity contribution < 1.29 is 13.6 Å². The van der Waals surface area contributed by atoms with Crippen LogP contribution in [0.15, 0.2) is 0 Å².